The average molecular weight is 495 g/mol. The van der Waals surface area contributed by atoms with Gasteiger partial charge >= 0.3 is 5.97 Å². The van der Waals surface area contributed by atoms with Crippen LogP contribution in [0.4, 0.5) is 0 Å². The third-order valence-electron chi connectivity index (χ3n) is 6.67. The van der Waals surface area contributed by atoms with Crippen molar-refractivity contribution in [1.29, 1.82) is 0 Å². The van der Waals surface area contributed by atoms with Gasteiger partial charge in [-0.15, -0.1) is 0 Å². The molecule has 1 amide bonds. The number of hydrogen-bond acceptors (Lipinski definition) is 6. The number of sulfone groups is 1. The molecule has 1 fully saturated rings. The van der Waals surface area contributed by atoms with E-state index in [1.807, 2.05) is 75.4 Å². The Hall–Kier alpha value is -3.26. The lowest BCUT2D eigenvalue weighted by molar-refractivity contribution is -0.138. The maximum absolute atomic E-state index is 13.3. The highest BCUT2D eigenvalue weighted by Gasteiger charge is 2.37. The fourth-order valence-electron chi connectivity index (χ4n) is 4.72. The summed E-state index contributed by atoms with van der Waals surface area (Å²) in [7, 11) is -3.16. The second-order valence-corrected chi connectivity index (χ2v) is 11.3. The van der Waals surface area contributed by atoms with Gasteiger partial charge in [-0.3, -0.25) is 4.79 Å². The highest BCUT2D eigenvalue weighted by atomic mass is 32.2. The molecule has 2 aromatic carbocycles. The van der Waals surface area contributed by atoms with Crippen molar-refractivity contribution in [2.45, 2.75) is 45.7 Å². The standard InChI is InChI=1S/C27H30N2O5S/c1-4-18(2)29(21-14-15-35(32,33)17-21)24(30)16-34-27(31)25-19(3)26(20-10-6-5-7-11-20)28-23-13-9-8-12-22(23)25/h5-13,18,21H,4,14-17H2,1-3H3. The number of fused-ring (bicyclic) bond motifs is 1. The second-order valence-electron chi connectivity index (χ2n) is 9.03. The van der Waals surface area contributed by atoms with Crippen LogP contribution in [0, 0.1) is 6.92 Å². The van der Waals surface area contributed by atoms with Crippen molar-refractivity contribution in [3.8, 4) is 11.3 Å². The van der Waals surface area contributed by atoms with Gasteiger partial charge in [0.25, 0.3) is 5.91 Å². The molecule has 1 aliphatic heterocycles. The molecule has 0 bridgehead atoms. The third kappa shape index (κ3) is 5.22. The summed E-state index contributed by atoms with van der Waals surface area (Å²) in [5.41, 5.74) is 3.27. The molecule has 0 aliphatic carbocycles. The molecule has 0 radical (unpaired) electrons. The van der Waals surface area contributed by atoms with E-state index in [2.05, 4.69) is 0 Å². The van der Waals surface area contributed by atoms with Crippen molar-refractivity contribution in [2.75, 3.05) is 18.1 Å². The third-order valence-corrected chi connectivity index (χ3v) is 8.42. The van der Waals surface area contributed by atoms with E-state index in [1.54, 1.807) is 4.90 Å². The summed E-state index contributed by atoms with van der Waals surface area (Å²) in [5, 5.41) is 0.655. The SMILES string of the molecule is CCC(C)N(C(=O)COC(=O)c1c(C)c(-c2ccccc2)nc2ccccc12)C1CCS(=O)(=O)C1. The largest absolute Gasteiger partial charge is 0.452 e. The maximum atomic E-state index is 13.3. The van der Waals surface area contributed by atoms with Gasteiger partial charge in [0.1, 0.15) is 0 Å². The summed E-state index contributed by atoms with van der Waals surface area (Å²) in [6, 6.07) is 16.4. The Morgan fingerprint density at radius 1 is 1.11 bits per heavy atom. The summed E-state index contributed by atoms with van der Waals surface area (Å²) < 4.78 is 29.6. The molecule has 184 valence electrons. The number of benzene rings is 2. The van der Waals surface area contributed by atoms with Gasteiger partial charge in [-0.2, -0.15) is 0 Å². The zero-order valence-corrected chi connectivity index (χ0v) is 21.0. The van der Waals surface area contributed by atoms with E-state index in [0.29, 0.717) is 40.6 Å². The van der Waals surface area contributed by atoms with Crippen LogP contribution in [-0.2, 0) is 19.4 Å². The summed E-state index contributed by atoms with van der Waals surface area (Å²) in [6.07, 6.45) is 1.08. The Bertz CT molecular complexity index is 1350. The fraction of sp³-hybridized carbons (Fsp3) is 0.370. The van der Waals surface area contributed by atoms with Crippen LogP contribution in [0.5, 0.6) is 0 Å². The van der Waals surface area contributed by atoms with E-state index in [-0.39, 0.29) is 23.5 Å². The number of ether oxygens (including phenoxy) is 1. The molecule has 0 N–H and O–H groups in total. The van der Waals surface area contributed by atoms with E-state index in [9.17, 15) is 18.0 Å². The molecule has 8 heteroatoms. The van der Waals surface area contributed by atoms with E-state index in [4.69, 9.17) is 9.72 Å². The van der Waals surface area contributed by atoms with Crippen LogP contribution in [0.2, 0.25) is 0 Å². The number of carbonyl (C=O) groups is 2. The van der Waals surface area contributed by atoms with Gasteiger partial charge < -0.3 is 9.64 Å². The highest BCUT2D eigenvalue weighted by molar-refractivity contribution is 7.91. The molecule has 3 aromatic rings. The Morgan fingerprint density at radius 2 is 1.80 bits per heavy atom. The van der Waals surface area contributed by atoms with Gasteiger partial charge in [-0.05, 0) is 38.3 Å². The molecular weight excluding hydrogens is 464 g/mol. The minimum atomic E-state index is -3.16. The molecule has 35 heavy (non-hydrogen) atoms. The summed E-state index contributed by atoms with van der Waals surface area (Å²) >= 11 is 0. The van der Waals surface area contributed by atoms with Crippen molar-refractivity contribution >= 4 is 32.6 Å². The first kappa shape index (κ1) is 24.9. The molecule has 4 rings (SSSR count). The van der Waals surface area contributed by atoms with E-state index in [0.717, 1.165) is 5.56 Å². The van der Waals surface area contributed by atoms with Gasteiger partial charge in [0.05, 0.1) is 28.3 Å². The minimum absolute atomic E-state index is 0.0500. The molecule has 1 aliphatic rings. The monoisotopic (exact) mass is 494 g/mol. The van der Waals surface area contributed by atoms with Crippen LogP contribution in [-0.4, -0.2) is 60.4 Å². The Kier molecular flexibility index (Phi) is 7.21. The number of hydrogen-bond donors (Lipinski definition) is 0. The van der Waals surface area contributed by atoms with Gasteiger partial charge in [0.15, 0.2) is 16.4 Å². The van der Waals surface area contributed by atoms with Crippen LogP contribution < -0.4 is 0 Å². The summed E-state index contributed by atoms with van der Waals surface area (Å²) in [5.74, 6) is -0.961. The zero-order chi connectivity index (χ0) is 25.2. The van der Waals surface area contributed by atoms with Crippen LogP contribution in [0.1, 0.15) is 42.6 Å². The molecule has 2 unspecified atom stereocenters. The van der Waals surface area contributed by atoms with Crippen molar-refractivity contribution in [3.63, 3.8) is 0 Å². The first-order valence-electron chi connectivity index (χ1n) is 11.8. The fourth-order valence-corrected chi connectivity index (χ4v) is 6.43. The highest BCUT2D eigenvalue weighted by Crippen LogP contribution is 2.30. The Morgan fingerprint density at radius 3 is 2.46 bits per heavy atom. The number of pyridine rings is 1. The molecule has 2 heterocycles. The molecule has 0 saturated carbocycles. The lowest BCUT2D eigenvalue weighted by atomic mass is 9.98. The van der Waals surface area contributed by atoms with Crippen molar-refractivity contribution in [3.05, 3.63) is 65.7 Å². The second kappa shape index (κ2) is 10.2. The van der Waals surface area contributed by atoms with E-state index in [1.165, 1.54) is 0 Å². The lowest BCUT2D eigenvalue weighted by Gasteiger charge is -2.33. The summed E-state index contributed by atoms with van der Waals surface area (Å²) in [4.78, 5) is 32.9. The van der Waals surface area contributed by atoms with Gasteiger partial charge in [-0.1, -0.05) is 55.5 Å². The molecular formula is C27H30N2O5S. The van der Waals surface area contributed by atoms with Crippen LogP contribution in [0.3, 0.4) is 0 Å². The van der Waals surface area contributed by atoms with Crippen molar-refractivity contribution in [2.24, 2.45) is 0 Å². The molecule has 7 nitrogen and oxygen atoms in total. The van der Waals surface area contributed by atoms with Crippen LogP contribution in [0.25, 0.3) is 22.2 Å². The predicted molar refractivity (Wildman–Crippen MR) is 136 cm³/mol. The first-order chi connectivity index (χ1) is 16.7. The number of carbonyl (C=O) groups excluding carboxylic acids is 2. The average Bonchev–Trinajstić information content (AvgIpc) is 3.21. The minimum Gasteiger partial charge on any atom is -0.452 e. The van der Waals surface area contributed by atoms with Crippen molar-refractivity contribution < 1.29 is 22.7 Å². The molecule has 0 spiro atoms. The quantitative estimate of drug-likeness (QED) is 0.458. The van der Waals surface area contributed by atoms with Crippen molar-refractivity contribution in [1.82, 2.24) is 9.88 Å². The topological polar surface area (TPSA) is 93.6 Å². The van der Waals surface area contributed by atoms with Gasteiger partial charge in [-0.25, -0.2) is 18.2 Å². The molecule has 1 saturated heterocycles. The lowest BCUT2D eigenvalue weighted by Crippen LogP contribution is -2.48. The van der Waals surface area contributed by atoms with Gasteiger partial charge in [0.2, 0.25) is 0 Å². The maximum Gasteiger partial charge on any atom is 0.339 e. The number of rotatable bonds is 7. The molecule has 2 atom stereocenters. The predicted octanol–water partition coefficient (Wildman–Crippen LogP) is 4.18. The molecule has 1 aromatic heterocycles. The zero-order valence-electron chi connectivity index (χ0n) is 20.2. The van der Waals surface area contributed by atoms with Gasteiger partial charge in [0, 0.05) is 23.0 Å². The number of aromatic nitrogens is 1. The number of nitrogens with zero attached hydrogens (tertiary/aromatic N) is 2. The number of para-hydroxylation sites is 1. The van der Waals surface area contributed by atoms with E-state index < -0.39 is 28.5 Å². The van der Waals surface area contributed by atoms with E-state index >= 15 is 0 Å². The number of esters is 1. The first-order valence-corrected chi connectivity index (χ1v) is 13.7. The smallest absolute Gasteiger partial charge is 0.339 e. The Balaban J connectivity index is 1.62. The normalized spacial score (nSPS) is 17.7. The summed E-state index contributed by atoms with van der Waals surface area (Å²) in [6.45, 7) is 5.21. The Labute approximate surface area is 206 Å². The number of amides is 1. The van der Waals surface area contributed by atoms with Crippen LogP contribution in [0.15, 0.2) is 54.6 Å². The van der Waals surface area contributed by atoms with Crippen LogP contribution >= 0.6 is 0 Å².